The number of aromatic nitrogens is 1. The maximum absolute atomic E-state index is 12.8. The van der Waals surface area contributed by atoms with Gasteiger partial charge in [0.1, 0.15) is 5.69 Å². The first-order valence-electron chi connectivity index (χ1n) is 11.3. The van der Waals surface area contributed by atoms with Gasteiger partial charge < -0.3 is 4.90 Å². The minimum Gasteiger partial charge on any atom is -0.363 e. The van der Waals surface area contributed by atoms with Crippen LogP contribution in [-0.4, -0.2) is 46.8 Å². The Bertz CT molecular complexity index is 1340. The number of nitro groups is 1. The first-order valence-corrected chi connectivity index (χ1v) is 11.3. The van der Waals surface area contributed by atoms with Crippen molar-refractivity contribution in [2.45, 2.75) is 6.54 Å². The van der Waals surface area contributed by atoms with Crippen LogP contribution in [0.15, 0.2) is 85.1 Å². The zero-order valence-electron chi connectivity index (χ0n) is 18.6. The molecule has 0 radical (unpaired) electrons. The fourth-order valence-corrected chi connectivity index (χ4v) is 4.52. The molecule has 0 spiro atoms. The third-order valence-corrected chi connectivity index (χ3v) is 6.29. The van der Waals surface area contributed by atoms with Crippen molar-refractivity contribution in [2.75, 3.05) is 31.1 Å². The van der Waals surface area contributed by atoms with Crippen molar-refractivity contribution in [3.63, 3.8) is 0 Å². The van der Waals surface area contributed by atoms with Crippen LogP contribution in [0.4, 0.5) is 11.4 Å². The Balaban J connectivity index is 1.31. The molecule has 0 atom stereocenters. The lowest BCUT2D eigenvalue weighted by Gasteiger charge is -2.36. The molecule has 0 saturated carbocycles. The maximum atomic E-state index is 12.8. The number of rotatable bonds is 6. The van der Waals surface area contributed by atoms with Crippen molar-refractivity contribution in [1.82, 2.24) is 9.88 Å². The lowest BCUT2D eigenvalue weighted by Crippen LogP contribution is -2.46. The molecule has 0 amide bonds. The molecule has 7 heteroatoms. The van der Waals surface area contributed by atoms with E-state index in [1.54, 1.807) is 36.4 Å². The second kappa shape index (κ2) is 9.41. The van der Waals surface area contributed by atoms with Gasteiger partial charge >= 0.3 is 0 Å². The number of hydrogen-bond acceptors (Lipinski definition) is 6. The van der Waals surface area contributed by atoms with Crippen LogP contribution < -0.4 is 4.90 Å². The Hall–Kier alpha value is -4.10. The number of ketones is 1. The van der Waals surface area contributed by atoms with E-state index >= 15 is 0 Å². The first-order chi connectivity index (χ1) is 16.6. The topological polar surface area (TPSA) is 79.6 Å². The zero-order valence-corrected chi connectivity index (χ0v) is 18.6. The minimum absolute atomic E-state index is 0.0338. The van der Waals surface area contributed by atoms with Gasteiger partial charge in [0.05, 0.1) is 10.4 Å². The molecular weight excluding hydrogens is 428 g/mol. The normalized spacial score (nSPS) is 14.3. The standard InChI is InChI=1S/C27H24N4O3/c32-27(21-6-2-1-3-7-21)22-11-12-24(25(18-22)31(33)34)30-16-14-29(15-17-30)19-23-9-4-8-20-10-5-13-28-26(20)23/h1-13,18H,14-17,19H2. The van der Waals surface area contributed by atoms with E-state index in [9.17, 15) is 14.9 Å². The number of carbonyl (C=O) groups excluding carboxylic acids is 1. The molecular formula is C27H24N4O3. The third-order valence-electron chi connectivity index (χ3n) is 6.29. The smallest absolute Gasteiger partial charge is 0.293 e. The van der Waals surface area contributed by atoms with E-state index in [1.807, 2.05) is 23.2 Å². The Kier molecular flexibility index (Phi) is 6.01. The SMILES string of the molecule is O=C(c1ccccc1)c1ccc(N2CCN(Cc3cccc4cccnc34)CC2)c([N+](=O)[O-])c1. The Labute approximate surface area is 197 Å². The van der Waals surface area contributed by atoms with Crippen LogP contribution in [-0.2, 0) is 6.54 Å². The van der Waals surface area contributed by atoms with E-state index in [1.165, 1.54) is 11.6 Å². The van der Waals surface area contributed by atoms with E-state index in [0.717, 1.165) is 30.5 Å². The average molecular weight is 453 g/mol. The summed E-state index contributed by atoms with van der Waals surface area (Å²) in [6.45, 7) is 3.70. The van der Waals surface area contributed by atoms with Gasteiger partial charge in [-0.15, -0.1) is 0 Å². The van der Waals surface area contributed by atoms with Gasteiger partial charge in [-0.25, -0.2) is 0 Å². The number of benzene rings is 3. The van der Waals surface area contributed by atoms with E-state index in [-0.39, 0.29) is 11.5 Å². The maximum Gasteiger partial charge on any atom is 0.293 e. The van der Waals surface area contributed by atoms with Crippen molar-refractivity contribution in [2.24, 2.45) is 0 Å². The summed E-state index contributed by atoms with van der Waals surface area (Å²) in [4.78, 5) is 33.2. The predicted octanol–water partition coefficient (Wildman–Crippen LogP) is 4.70. The highest BCUT2D eigenvalue weighted by molar-refractivity contribution is 6.09. The first kappa shape index (κ1) is 21.7. The number of nitrogens with zero attached hydrogens (tertiary/aromatic N) is 4. The summed E-state index contributed by atoms with van der Waals surface area (Å²) in [6, 6.07) is 23.8. The summed E-state index contributed by atoms with van der Waals surface area (Å²) < 4.78 is 0. The lowest BCUT2D eigenvalue weighted by molar-refractivity contribution is -0.384. The van der Waals surface area contributed by atoms with Gasteiger partial charge in [-0.2, -0.15) is 0 Å². The summed E-state index contributed by atoms with van der Waals surface area (Å²) in [5.74, 6) is -0.219. The van der Waals surface area contributed by atoms with Crippen molar-refractivity contribution in [3.05, 3.63) is 112 Å². The highest BCUT2D eigenvalue weighted by Gasteiger charge is 2.25. The van der Waals surface area contributed by atoms with Crippen molar-refractivity contribution in [3.8, 4) is 0 Å². The molecule has 170 valence electrons. The monoisotopic (exact) mass is 452 g/mol. The molecule has 0 aliphatic carbocycles. The van der Waals surface area contributed by atoms with Crippen LogP contribution in [0.5, 0.6) is 0 Å². The van der Waals surface area contributed by atoms with Crippen molar-refractivity contribution in [1.29, 1.82) is 0 Å². The molecule has 2 heterocycles. The molecule has 3 aromatic carbocycles. The molecule has 7 nitrogen and oxygen atoms in total. The van der Waals surface area contributed by atoms with E-state index in [2.05, 4.69) is 34.1 Å². The number of hydrogen-bond donors (Lipinski definition) is 0. The largest absolute Gasteiger partial charge is 0.363 e. The predicted molar refractivity (Wildman–Crippen MR) is 132 cm³/mol. The van der Waals surface area contributed by atoms with Crippen molar-refractivity contribution >= 4 is 28.1 Å². The molecule has 0 unspecified atom stereocenters. The fourth-order valence-electron chi connectivity index (χ4n) is 4.52. The fraction of sp³-hybridized carbons (Fsp3) is 0.185. The summed E-state index contributed by atoms with van der Waals surface area (Å²) >= 11 is 0. The third kappa shape index (κ3) is 4.38. The summed E-state index contributed by atoms with van der Waals surface area (Å²) in [7, 11) is 0. The number of para-hydroxylation sites is 1. The second-order valence-corrected chi connectivity index (χ2v) is 8.41. The second-order valence-electron chi connectivity index (χ2n) is 8.41. The molecule has 1 saturated heterocycles. The molecule has 1 aliphatic rings. The van der Waals surface area contributed by atoms with Gasteiger partial charge in [0.15, 0.2) is 5.78 Å². The molecule has 1 fully saturated rings. The minimum atomic E-state index is -0.398. The van der Waals surface area contributed by atoms with Crippen LogP contribution in [0.25, 0.3) is 10.9 Å². The van der Waals surface area contributed by atoms with Crippen LogP contribution in [0.3, 0.4) is 0 Å². The summed E-state index contributed by atoms with van der Waals surface area (Å²) in [5, 5.41) is 13.0. The lowest BCUT2D eigenvalue weighted by atomic mass is 10.0. The molecule has 0 bridgehead atoms. The van der Waals surface area contributed by atoms with E-state index in [4.69, 9.17) is 0 Å². The molecule has 1 aliphatic heterocycles. The van der Waals surface area contributed by atoms with E-state index < -0.39 is 4.92 Å². The molecule has 34 heavy (non-hydrogen) atoms. The Morgan fingerprint density at radius 3 is 2.41 bits per heavy atom. The number of pyridine rings is 1. The average Bonchev–Trinajstić information content (AvgIpc) is 2.89. The van der Waals surface area contributed by atoms with Gasteiger partial charge in [0.2, 0.25) is 0 Å². The van der Waals surface area contributed by atoms with Crippen molar-refractivity contribution < 1.29 is 9.72 Å². The van der Waals surface area contributed by atoms with Gasteiger partial charge in [0.25, 0.3) is 5.69 Å². The zero-order chi connectivity index (χ0) is 23.5. The summed E-state index contributed by atoms with van der Waals surface area (Å²) in [5.41, 5.74) is 3.56. The number of nitro benzene ring substituents is 1. The molecule has 4 aromatic rings. The number of piperazine rings is 1. The molecule has 1 aromatic heterocycles. The van der Waals surface area contributed by atoms with Crippen LogP contribution in [0, 0.1) is 10.1 Å². The highest BCUT2D eigenvalue weighted by Crippen LogP contribution is 2.31. The Morgan fingerprint density at radius 2 is 1.65 bits per heavy atom. The number of fused-ring (bicyclic) bond motifs is 1. The van der Waals surface area contributed by atoms with Crippen LogP contribution in [0.1, 0.15) is 21.5 Å². The van der Waals surface area contributed by atoms with Gasteiger partial charge in [0, 0.05) is 61.5 Å². The highest BCUT2D eigenvalue weighted by atomic mass is 16.6. The molecule has 5 rings (SSSR count). The quantitative estimate of drug-likeness (QED) is 0.240. The van der Waals surface area contributed by atoms with Gasteiger partial charge in [-0.3, -0.25) is 24.8 Å². The van der Waals surface area contributed by atoms with Gasteiger partial charge in [-0.05, 0) is 23.8 Å². The van der Waals surface area contributed by atoms with Gasteiger partial charge in [-0.1, -0.05) is 54.6 Å². The number of carbonyl (C=O) groups is 1. The van der Waals surface area contributed by atoms with Crippen LogP contribution in [0.2, 0.25) is 0 Å². The summed E-state index contributed by atoms with van der Waals surface area (Å²) in [6.07, 6.45) is 1.81. The molecule has 0 N–H and O–H groups in total. The van der Waals surface area contributed by atoms with Crippen LogP contribution >= 0.6 is 0 Å². The Morgan fingerprint density at radius 1 is 0.882 bits per heavy atom. The number of anilines is 1. The van der Waals surface area contributed by atoms with E-state index in [0.29, 0.717) is 29.9 Å².